The van der Waals surface area contributed by atoms with Crippen molar-refractivity contribution < 1.29 is 4.79 Å². The number of fused-ring (bicyclic) bond motifs is 1. The molecular weight excluding hydrogens is 284 g/mol. The lowest BCUT2D eigenvalue weighted by atomic mass is 10.2. The summed E-state index contributed by atoms with van der Waals surface area (Å²) < 4.78 is 2.99. The lowest BCUT2D eigenvalue weighted by molar-refractivity contribution is 0.0958. The molecule has 0 aliphatic heterocycles. The van der Waals surface area contributed by atoms with Crippen LogP contribution in [0.1, 0.15) is 28.7 Å². The van der Waals surface area contributed by atoms with Gasteiger partial charge in [0.15, 0.2) is 5.65 Å². The molecule has 1 amide bonds. The maximum absolute atomic E-state index is 12.4. The Balaban J connectivity index is 2.19. The van der Waals surface area contributed by atoms with Gasteiger partial charge >= 0.3 is 0 Å². The zero-order valence-corrected chi connectivity index (χ0v) is 12.5. The van der Waals surface area contributed by atoms with Gasteiger partial charge in [0.2, 0.25) is 0 Å². The number of carbonyl (C=O) groups excluding carboxylic acids is 1. The van der Waals surface area contributed by atoms with Crippen molar-refractivity contribution in [1.82, 2.24) is 29.5 Å². The van der Waals surface area contributed by atoms with Gasteiger partial charge in [-0.1, -0.05) is 6.92 Å². The van der Waals surface area contributed by atoms with Crippen molar-refractivity contribution in [3.63, 3.8) is 0 Å². The smallest absolute Gasteiger partial charge is 0.277 e. The molecule has 8 heteroatoms. The third-order valence-electron chi connectivity index (χ3n) is 3.63. The minimum absolute atomic E-state index is 0.133. The highest BCUT2D eigenvalue weighted by atomic mass is 16.2. The molecule has 0 unspecified atom stereocenters. The summed E-state index contributed by atoms with van der Waals surface area (Å²) in [5.74, 6) is -0.270. The minimum Gasteiger partial charge on any atom is -0.354 e. The fourth-order valence-electron chi connectivity index (χ4n) is 2.46. The molecule has 3 aromatic rings. The highest BCUT2D eigenvalue weighted by Crippen LogP contribution is 2.14. The van der Waals surface area contributed by atoms with Crippen LogP contribution in [0, 0.1) is 6.92 Å². The third-order valence-corrected chi connectivity index (χ3v) is 3.63. The third kappa shape index (κ3) is 2.00. The van der Waals surface area contributed by atoms with Crippen LogP contribution in [0.2, 0.25) is 0 Å². The normalized spacial score (nSPS) is 11.0. The molecule has 0 spiro atoms. The Morgan fingerprint density at radius 2 is 2.23 bits per heavy atom. The van der Waals surface area contributed by atoms with E-state index in [2.05, 4.69) is 20.4 Å². The number of carbonyl (C=O) groups is 1. The average molecular weight is 300 g/mol. The molecule has 0 radical (unpaired) electrons. The van der Waals surface area contributed by atoms with Crippen LogP contribution >= 0.6 is 0 Å². The molecule has 0 bridgehead atoms. The lowest BCUT2D eigenvalue weighted by Gasteiger charge is -2.05. The van der Waals surface area contributed by atoms with Crippen molar-refractivity contribution in [2.75, 3.05) is 7.05 Å². The van der Waals surface area contributed by atoms with E-state index < -0.39 is 0 Å². The summed E-state index contributed by atoms with van der Waals surface area (Å²) in [5.41, 5.74) is 2.91. The number of aromatic amines is 1. The first-order valence-electron chi connectivity index (χ1n) is 6.92. The van der Waals surface area contributed by atoms with Crippen molar-refractivity contribution >= 4 is 11.6 Å². The van der Waals surface area contributed by atoms with Gasteiger partial charge in [0.05, 0.1) is 6.20 Å². The summed E-state index contributed by atoms with van der Waals surface area (Å²) >= 11 is 0. The molecule has 114 valence electrons. The zero-order valence-electron chi connectivity index (χ0n) is 12.5. The number of nitrogens with zero attached hydrogens (tertiary/aromatic N) is 4. The quantitative estimate of drug-likeness (QED) is 0.733. The topological polar surface area (TPSA) is 97.1 Å². The Kier molecular flexibility index (Phi) is 3.28. The molecular formula is C14H16N6O2. The van der Waals surface area contributed by atoms with Gasteiger partial charge < -0.3 is 14.9 Å². The number of aryl methyl sites for hydroxylation is 1. The number of aromatic nitrogens is 5. The SMILES string of the molecule is CCc1c(C)[nH]c2c(-n3cnc(C(=O)NC)c3)cnn2c1=O. The molecule has 0 aliphatic carbocycles. The zero-order chi connectivity index (χ0) is 15.9. The molecule has 0 aliphatic rings. The largest absolute Gasteiger partial charge is 0.354 e. The van der Waals surface area contributed by atoms with Crippen LogP contribution in [0.25, 0.3) is 11.3 Å². The summed E-state index contributed by atoms with van der Waals surface area (Å²) in [6.07, 6.45) is 5.32. The Labute approximate surface area is 125 Å². The number of hydrogen-bond donors (Lipinski definition) is 2. The second-order valence-electron chi connectivity index (χ2n) is 4.92. The maximum atomic E-state index is 12.4. The molecule has 0 atom stereocenters. The van der Waals surface area contributed by atoms with Crippen LogP contribution in [0.3, 0.4) is 0 Å². The van der Waals surface area contributed by atoms with E-state index in [1.54, 1.807) is 24.0 Å². The first-order chi connectivity index (χ1) is 10.6. The van der Waals surface area contributed by atoms with Gasteiger partial charge in [-0.15, -0.1) is 0 Å². The predicted octanol–water partition coefficient (Wildman–Crippen LogP) is 0.439. The monoisotopic (exact) mass is 300 g/mol. The van der Waals surface area contributed by atoms with Crippen LogP contribution in [-0.4, -0.2) is 37.1 Å². The summed E-state index contributed by atoms with van der Waals surface area (Å²) in [5, 5.41) is 6.66. The molecule has 0 fully saturated rings. The van der Waals surface area contributed by atoms with Gasteiger partial charge in [-0.3, -0.25) is 9.59 Å². The van der Waals surface area contributed by atoms with Gasteiger partial charge in [-0.2, -0.15) is 9.61 Å². The number of rotatable bonds is 3. The predicted molar refractivity (Wildman–Crippen MR) is 80.4 cm³/mol. The van der Waals surface area contributed by atoms with Crippen molar-refractivity contribution in [3.05, 3.63) is 46.0 Å². The standard InChI is InChI=1S/C14H16N6O2/c1-4-9-8(2)18-12-11(5-17-20(12)14(9)22)19-6-10(16-7-19)13(21)15-3/h5-7,18H,4H2,1-3H3,(H,15,21). The molecule has 8 nitrogen and oxygen atoms in total. The second-order valence-corrected chi connectivity index (χ2v) is 4.92. The van der Waals surface area contributed by atoms with Gasteiger partial charge in [-0.25, -0.2) is 4.98 Å². The first-order valence-corrected chi connectivity index (χ1v) is 6.92. The number of hydrogen-bond acceptors (Lipinski definition) is 4. The van der Waals surface area contributed by atoms with E-state index in [0.717, 1.165) is 5.69 Å². The van der Waals surface area contributed by atoms with Crippen LogP contribution in [0.4, 0.5) is 0 Å². The number of H-pyrrole nitrogens is 1. The summed E-state index contributed by atoms with van der Waals surface area (Å²) in [7, 11) is 1.55. The van der Waals surface area contributed by atoms with Crippen molar-refractivity contribution in [1.29, 1.82) is 0 Å². The van der Waals surface area contributed by atoms with E-state index in [1.807, 2.05) is 13.8 Å². The molecule has 0 aromatic carbocycles. The van der Waals surface area contributed by atoms with Gasteiger partial charge in [-0.05, 0) is 13.3 Å². The fourth-order valence-corrected chi connectivity index (χ4v) is 2.46. The maximum Gasteiger partial charge on any atom is 0.277 e. The second kappa shape index (κ2) is 5.14. The van der Waals surface area contributed by atoms with Gasteiger partial charge in [0, 0.05) is 24.5 Å². The van der Waals surface area contributed by atoms with Crippen LogP contribution in [0.5, 0.6) is 0 Å². The summed E-state index contributed by atoms with van der Waals surface area (Å²) in [6.45, 7) is 3.79. The van der Waals surface area contributed by atoms with Crippen LogP contribution in [0.15, 0.2) is 23.5 Å². The van der Waals surface area contributed by atoms with Crippen molar-refractivity contribution in [2.24, 2.45) is 0 Å². The molecule has 0 saturated carbocycles. The van der Waals surface area contributed by atoms with Gasteiger partial charge in [0.25, 0.3) is 11.5 Å². The van der Waals surface area contributed by atoms with E-state index in [-0.39, 0.29) is 11.5 Å². The molecule has 3 aromatic heterocycles. The van der Waals surface area contributed by atoms with E-state index in [4.69, 9.17) is 0 Å². The number of imidazole rings is 1. The number of amides is 1. The van der Waals surface area contributed by atoms with Crippen molar-refractivity contribution in [2.45, 2.75) is 20.3 Å². The Bertz CT molecular complexity index is 917. The summed E-state index contributed by atoms with van der Waals surface area (Å²) in [6, 6.07) is 0. The number of nitrogens with one attached hydrogen (secondary N) is 2. The molecule has 22 heavy (non-hydrogen) atoms. The average Bonchev–Trinajstić information content (AvgIpc) is 3.13. The molecule has 0 saturated heterocycles. The molecule has 3 rings (SSSR count). The lowest BCUT2D eigenvalue weighted by Crippen LogP contribution is -2.21. The Morgan fingerprint density at radius 3 is 2.91 bits per heavy atom. The van der Waals surface area contributed by atoms with E-state index in [9.17, 15) is 9.59 Å². The highest BCUT2D eigenvalue weighted by molar-refractivity contribution is 5.91. The Hall–Kier alpha value is -2.90. The Morgan fingerprint density at radius 1 is 1.45 bits per heavy atom. The minimum atomic E-state index is -0.270. The van der Waals surface area contributed by atoms with E-state index >= 15 is 0 Å². The highest BCUT2D eigenvalue weighted by Gasteiger charge is 2.15. The fraction of sp³-hybridized carbons (Fsp3) is 0.286. The van der Waals surface area contributed by atoms with E-state index in [0.29, 0.717) is 29.0 Å². The van der Waals surface area contributed by atoms with Crippen LogP contribution < -0.4 is 10.9 Å². The van der Waals surface area contributed by atoms with Crippen molar-refractivity contribution in [3.8, 4) is 5.69 Å². The van der Waals surface area contributed by atoms with Gasteiger partial charge in [0.1, 0.15) is 17.7 Å². The van der Waals surface area contributed by atoms with Crippen LogP contribution in [-0.2, 0) is 6.42 Å². The van der Waals surface area contributed by atoms with E-state index in [1.165, 1.54) is 10.8 Å². The summed E-state index contributed by atoms with van der Waals surface area (Å²) in [4.78, 5) is 31.2. The molecule has 2 N–H and O–H groups in total. The molecule has 3 heterocycles. The first kappa shape index (κ1) is 14.1.